The highest BCUT2D eigenvalue weighted by molar-refractivity contribution is 8.27. The summed E-state index contributed by atoms with van der Waals surface area (Å²) in [5, 5.41) is 20.2. The highest BCUT2D eigenvalue weighted by Crippen LogP contribution is 2.36. The molecule has 2 aromatic carbocycles. The van der Waals surface area contributed by atoms with Gasteiger partial charge in [-0.1, -0.05) is 42.2 Å². The summed E-state index contributed by atoms with van der Waals surface area (Å²) in [6.45, 7) is 1.64. The molecule has 0 saturated carbocycles. The summed E-state index contributed by atoms with van der Waals surface area (Å²) in [5.41, 5.74) is 1.39. The fourth-order valence-electron chi connectivity index (χ4n) is 2.53. The Labute approximate surface area is 163 Å². The van der Waals surface area contributed by atoms with Crippen LogP contribution in [-0.4, -0.2) is 26.2 Å². The fraction of sp³-hybridized carbons (Fsp3) is 0.0556. The summed E-state index contributed by atoms with van der Waals surface area (Å²) in [7, 11) is 0. The second-order valence-electron chi connectivity index (χ2n) is 5.68. The number of carbonyl (C=O) groups excluding carboxylic acids is 1. The monoisotopic (exact) mass is 400 g/mol. The van der Waals surface area contributed by atoms with E-state index in [0.717, 1.165) is 11.8 Å². The number of nitrogens with zero attached hydrogens (tertiary/aromatic N) is 2. The van der Waals surface area contributed by atoms with Gasteiger partial charge in [0, 0.05) is 11.6 Å². The topological polar surface area (TPSA) is 101 Å². The molecule has 1 heterocycles. The number of nitro groups is 1. The van der Waals surface area contributed by atoms with Crippen molar-refractivity contribution in [2.24, 2.45) is 0 Å². The van der Waals surface area contributed by atoms with E-state index in [1.54, 1.807) is 25.1 Å². The number of carboxylic acid groups (broad SMARTS) is 1. The first-order valence-electron chi connectivity index (χ1n) is 7.64. The summed E-state index contributed by atoms with van der Waals surface area (Å²) >= 11 is 6.32. The largest absolute Gasteiger partial charge is 0.478 e. The van der Waals surface area contributed by atoms with Gasteiger partial charge in [-0.2, -0.15) is 0 Å². The zero-order chi connectivity index (χ0) is 19.7. The number of rotatable bonds is 4. The van der Waals surface area contributed by atoms with Crippen LogP contribution in [0.2, 0.25) is 0 Å². The van der Waals surface area contributed by atoms with Crippen molar-refractivity contribution >= 4 is 57.6 Å². The van der Waals surface area contributed by atoms with Gasteiger partial charge in [-0.05, 0) is 36.8 Å². The lowest BCUT2D eigenvalue weighted by Gasteiger charge is -2.14. The average molecular weight is 400 g/mol. The van der Waals surface area contributed by atoms with E-state index in [-0.39, 0.29) is 15.6 Å². The van der Waals surface area contributed by atoms with Gasteiger partial charge in [0.25, 0.3) is 11.6 Å². The van der Waals surface area contributed by atoms with Gasteiger partial charge in [0.15, 0.2) is 4.32 Å². The maximum atomic E-state index is 12.8. The molecule has 1 fully saturated rings. The molecule has 2 aromatic rings. The maximum Gasteiger partial charge on any atom is 0.335 e. The molecule has 9 heteroatoms. The van der Waals surface area contributed by atoms with Crippen LogP contribution >= 0.6 is 24.0 Å². The van der Waals surface area contributed by atoms with Crippen LogP contribution in [0.5, 0.6) is 0 Å². The van der Waals surface area contributed by atoms with Gasteiger partial charge >= 0.3 is 5.97 Å². The first-order chi connectivity index (χ1) is 12.8. The first kappa shape index (κ1) is 18.7. The van der Waals surface area contributed by atoms with Crippen LogP contribution < -0.4 is 4.90 Å². The molecular weight excluding hydrogens is 388 g/mol. The molecule has 1 saturated heterocycles. The number of benzene rings is 2. The third-order valence-electron chi connectivity index (χ3n) is 3.87. The summed E-state index contributed by atoms with van der Waals surface area (Å²) < 4.78 is 0.260. The normalized spacial score (nSPS) is 15.4. The number of carbonyl (C=O) groups is 2. The molecule has 0 atom stereocenters. The Bertz CT molecular complexity index is 1030. The number of anilines is 1. The second-order valence-corrected chi connectivity index (χ2v) is 7.35. The van der Waals surface area contributed by atoms with Crippen molar-refractivity contribution in [3.63, 3.8) is 0 Å². The SMILES string of the molecule is Cc1ccc(C=C2SC(=S)N(c3cccc(C(=O)O)c3)C2=O)cc1[N+](=O)[O-]. The summed E-state index contributed by atoms with van der Waals surface area (Å²) in [5.74, 6) is -1.51. The van der Waals surface area contributed by atoms with Gasteiger partial charge in [-0.3, -0.25) is 19.8 Å². The number of thiocarbonyl (C=S) groups is 1. The molecule has 0 aliphatic carbocycles. The van der Waals surface area contributed by atoms with E-state index in [4.69, 9.17) is 17.3 Å². The van der Waals surface area contributed by atoms with Crippen molar-refractivity contribution < 1.29 is 19.6 Å². The molecule has 1 N–H and O–H groups in total. The van der Waals surface area contributed by atoms with Crippen molar-refractivity contribution in [2.45, 2.75) is 6.92 Å². The van der Waals surface area contributed by atoms with Crippen molar-refractivity contribution in [1.29, 1.82) is 0 Å². The highest BCUT2D eigenvalue weighted by Gasteiger charge is 2.33. The van der Waals surface area contributed by atoms with E-state index in [1.165, 1.54) is 35.2 Å². The highest BCUT2D eigenvalue weighted by atomic mass is 32.2. The van der Waals surface area contributed by atoms with Crippen molar-refractivity contribution in [1.82, 2.24) is 0 Å². The minimum Gasteiger partial charge on any atom is -0.478 e. The number of hydrogen-bond acceptors (Lipinski definition) is 6. The molecule has 7 nitrogen and oxygen atoms in total. The lowest BCUT2D eigenvalue weighted by molar-refractivity contribution is -0.385. The molecule has 1 aliphatic heterocycles. The van der Waals surface area contributed by atoms with E-state index in [0.29, 0.717) is 21.7 Å². The number of thioether (sulfide) groups is 1. The smallest absolute Gasteiger partial charge is 0.335 e. The Hall–Kier alpha value is -3.04. The van der Waals surface area contributed by atoms with Crippen LogP contribution in [0.1, 0.15) is 21.5 Å². The Morgan fingerprint density at radius 3 is 2.70 bits per heavy atom. The molecule has 3 rings (SSSR count). The number of carboxylic acids is 1. The van der Waals surface area contributed by atoms with E-state index >= 15 is 0 Å². The number of hydrogen-bond donors (Lipinski definition) is 1. The number of amides is 1. The molecule has 0 aromatic heterocycles. The molecule has 0 unspecified atom stereocenters. The van der Waals surface area contributed by atoms with Gasteiger partial charge in [-0.15, -0.1) is 0 Å². The van der Waals surface area contributed by atoms with Gasteiger partial charge in [-0.25, -0.2) is 4.79 Å². The van der Waals surface area contributed by atoms with Crippen LogP contribution in [0.25, 0.3) is 6.08 Å². The molecular formula is C18H12N2O5S2. The number of aryl methyl sites for hydroxylation is 1. The predicted octanol–water partition coefficient (Wildman–Crippen LogP) is 4.01. The lowest BCUT2D eigenvalue weighted by atomic mass is 10.1. The van der Waals surface area contributed by atoms with Crippen LogP contribution in [-0.2, 0) is 4.79 Å². The Balaban J connectivity index is 1.96. The maximum absolute atomic E-state index is 12.8. The zero-order valence-electron chi connectivity index (χ0n) is 13.9. The molecule has 0 bridgehead atoms. The summed E-state index contributed by atoms with van der Waals surface area (Å²) in [6, 6.07) is 10.6. The van der Waals surface area contributed by atoms with E-state index in [1.807, 2.05) is 0 Å². The van der Waals surface area contributed by atoms with Gasteiger partial charge < -0.3 is 5.11 Å². The first-order valence-corrected chi connectivity index (χ1v) is 8.87. The minimum atomic E-state index is -1.11. The molecule has 1 amide bonds. The van der Waals surface area contributed by atoms with Crippen LogP contribution in [0, 0.1) is 17.0 Å². The van der Waals surface area contributed by atoms with Gasteiger partial charge in [0.1, 0.15) is 0 Å². The van der Waals surface area contributed by atoms with Crippen LogP contribution in [0.3, 0.4) is 0 Å². The zero-order valence-corrected chi connectivity index (χ0v) is 15.5. The quantitative estimate of drug-likeness (QED) is 0.358. The third kappa shape index (κ3) is 3.74. The standard InChI is InChI=1S/C18H12N2O5S2/c1-10-5-6-11(7-14(10)20(24)25)8-15-16(21)19(18(26)27-15)13-4-2-3-12(9-13)17(22)23/h2-9H,1H3,(H,22,23). The lowest BCUT2D eigenvalue weighted by Crippen LogP contribution is -2.27. The van der Waals surface area contributed by atoms with Gasteiger partial charge in [0.05, 0.1) is 21.1 Å². The van der Waals surface area contributed by atoms with Crippen LogP contribution in [0.4, 0.5) is 11.4 Å². The van der Waals surface area contributed by atoms with E-state index in [2.05, 4.69) is 0 Å². The molecule has 0 radical (unpaired) electrons. The van der Waals surface area contributed by atoms with Crippen molar-refractivity contribution in [3.8, 4) is 0 Å². The molecule has 136 valence electrons. The average Bonchev–Trinajstić information content (AvgIpc) is 2.90. The molecule has 0 spiro atoms. The summed E-state index contributed by atoms with van der Waals surface area (Å²) in [6.07, 6.45) is 1.53. The van der Waals surface area contributed by atoms with E-state index < -0.39 is 16.8 Å². The predicted molar refractivity (Wildman–Crippen MR) is 107 cm³/mol. The Morgan fingerprint density at radius 1 is 1.30 bits per heavy atom. The number of nitro benzene ring substituents is 1. The molecule has 27 heavy (non-hydrogen) atoms. The second kappa shape index (κ2) is 7.29. The van der Waals surface area contributed by atoms with Crippen molar-refractivity contribution in [3.05, 3.63) is 74.2 Å². The Kier molecular flexibility index (Phi) is 5.06. The molecule has 1 aliphatic rings. The fourth-order valence-corrected chi connectivity index (χ4v) is 3.83. The van der Waals surface area contributed by atoms with E-state index in [9.17, 15) is 19.7 Å². The van der Waals surface area contributed by atoms with Crippen LogP contribution in [0.15, 0.2) is 47.4 Å². The Morgan fingerprint density at radius 2 is 2.04 bits per heavy atom. The minimum absolute atomic E-state index is 0.0339. The number of aromatic carboxylic acids is 1. The van der Waals surface area contributed by atoms with Gasteiger partial charge in [0.2, 0.25) is 0 Å². The van der Waals surface area contributed by atoms with Crippen molar-refractivity contribution in [2.75, 3.05) is 4.90 Å². The summed E-state index contributed by atoms with van der Waals surface area (Å²) in [4.78, 5) is 36.1. The third-order valence-corrected chi connectivity index (χ3v) is 5.17.